The van der Waals surface area contributed by atoms with Gasteiger partial charge in [-0.05, 0) is 24.6 Å². The van der Waals surface area contributed by atoms with Crippen molar-refractivity contribution < 1.29 is 28.2 Å². The molecule has 2 aliphatic heterocycles. The molecule has 8 nitrogen and oxygen atoms in total. The Morgan fingerprint density at radius 1 is 1.03 bits per heavy atom. The van der Waals surface area contributed by atoms with Crippen LogP contribution in [-0.4, -0.2) is 73.7 Å². The van der Waals surface area contributed by atoms with E-state index >= 15 is 0 Å². The third-order valence-electron chi connectivity index (χ3n) is 5.95. The summed E-state index contributed by atoms with van der Waals surface area (Å²) in [5.74, 6) is -1.62. The summed E-state index contributed by atoms with van der Waals surface area (Å²) in [6.07, 6.45) is -1.59. The molecule has 2 aliphatic rings. The second-order valence-electron chi connectivity index (χ2n) is 8.24. The lowest BCUT2D eigenvalue weighted by molar-refractivity contribution is -0.144. The number of halogens is 1. The van der Waals surface area contributed by atoms with E-state index in [9.17, 15) is 18.8 Å². The average Bonchev–Trinajstić information content (AvgIpc) is 3.66. The molecule has 0 aliphatic carbocycles. The standard InChI is InChI=1S/C25H28FN3O5/c1-2-33-25(32)22-21(34-22)23(30)27-19(16-17-8-4-3-5-9-17)24(31)29-14-12-28(13-15-29)20-11-7-6-10-18(20)26/h3-11,19,21-22H,2,12-16H2,1H3,(H,27,30)/t19?,21-,22-/m0/s1. The Bertz CT molecular complexity index is 1030. The van der Waals surface area contributed by atoms with Crippen LogP contribution in [0.25, 0.3) is 0 Å². The number of epoxide rings is 1. The van der Waals surface area contributed by atoms with Crippen molar-refractivity contribution in [3.8, 4) is 0 Å². The van der Waals surface area contributed by atoms with E-state index in [-0.39, 0.29) is 18.3 Å². The van der Waals surface area contributed by atoms with E-state index in [1.807, 2.05) is 35.2 Å². The Labute approximate surface area is 197 Å². The van der Waals surface area contributed by atoms with Crippen LogP contribution in [0.3, 0.4) is 0 Å². The van der Waals surface area contributed by atoms with Gasteiger partial charge in [-0.15, -0.1) is 0 Å². The van der Waals surface area contributed by atoms with Gasteiger partial charge in [-0.3, -0.25) is 9.59 Å². The van der Waals surface area contributed by atoms with Gasteiger partial charge in [-0.2, -0.15) is 0 Å². The first-order chi connectivity index (χ1) is 16.5. The smallest absolute Gasteiger partial charge is 0.338 e. The summed E-state index contributed by atoms with van der Waals surface area (Å²) in [7, 11) is 0. The summed E-state index contributed by atoms with van der Waals surface area (Å²) in [5.41, 5.74) is 1.41. The molecule has 2 fully saturated rings. The fraction of sp³-hybridized carbons (Fsp3) is 0.400. The van der Waals surface area contributed by atoms with Crippen LogP contribution in [0.15, 0.2) is 54.6 Å². The molecule has 0 radical (unpaired) electrons. The Balaban J connectivity index is 1.41. The Morgan fingerprint density at radius 2 is 1.71 bits per heavy atom. The zero-order chi connectivity index (χ0) is 24.1. The number of piperazine rings is 1. The topological polar surface area (TPSA) is 91.5 Å². The van der Waals surface area contributed by atoms with Crippen molar-refractivity contribution >= 4 is 23.5 Å². The lowest BCUT2D eigenvalue weighted by Crippen LogP contribution is -2.56. The summed E-state index contributed by atoms with van der Waals surface area (Å²) >= 11 is 0. The minimum Gasteiger partial charge on any atom is -0.464 e. The van der Waals surface area contributed by atoms with Crippen molar-refractivity contribution in [2.75, 3.05) is 37.7 Å². The van der Waals surface area contributed by atoms with Crippen molar-refractivity contribution in [2.45, 2.75) is 31.6 Å². The largest absolute Gasteiger partial charge is 0.464 e. The van der Waals surface area contributed by atoms with Gasteiger partial charge in [0.25, 0.3) is 5.91 Å². The number of esters is 1. The molecule has 2 saturated heterocycles. The molecule has 9 heteroatoms. The number of carbonyl (C=O) groups excluding carboxylic acids is 3. The number of hydrogen-bond acceptors (Lipinski definition) is 6. The quantitative estimate of drug-likeness (QED) is 0.466. The van der Waals surface area contributed by atoms with E-state index in [1.54, 1.807) is 30.0 Å². The van der Waals surface area contributed by atoms with E-state index < -0.39 is 30.1 Å². The van der Waals surface area contributed by atoms with Crippen LogP contribution >= 0.6 is 0 Å². The van der Waals surface area contributed by atoms with Crippen LogP contribution < -0.4 is 10.2 Å². The van der Waals surface area contributed by atoms with Crippen LogP contribution in [0.2, 0.25) is 0 Å². The summed E-state index contributed by atoms with van der Waals surface area (Å²) in [6.45, 7) is 3.64. The maximum absolute atomic E-state index is 14.1. The summed E-state index contributed by atoms with van der Waals surface area (Å²) in [4.78, 5) is 41.5. The maximum Gasteiger partial charge on any atom is 0.338 e. The molecule has 4 rings (SSSR count). The number of benzene rings is 2. The van der Waals surface area contributed by atoms with Gasteiger partial charge >= 0.3 is 5.97 Å². The second-order valence-corrected chi connectivity index (χ2v) is 8.24. The van der Waals surface area contributed by atoms with Gasteiger partial charge in [0.05, 0.1) is 12.3 Å². The highest BCUT2D eigenvalue weighted by atomic mass is 19.1. The molecule has 1 unspecified atom stereocenters. The monoisotopic (exact) mass is 469 g/mol. The first-order valence-corrected chi connectivity index (χ1v) is 11.4. The number of anilines is 1. The van der Waals surface area contributed by atoms with Crippen LogP contribution in [0, 0.1) is 5.82 Å². The molecule has 3 atom stereocenters. The molecule has 2 aromatic rings. The molecule has 0 spiro atoms. The number of nitrogens with zero attached hydrogens (tertiary/aromatic N) is 2. The number of hydrogen-bond donors (Lipinski definition) is 1. The Morgan fingerprint density at radius 3 is 2.38 bits per heavy atom. The minimum atomic E-state index is -0.956. The van der Waals surface area contributed by atoms with Crippen molar-refractivity contribution in [2.24, 2.45) is 0 Å². The molecule has 2 aromatic carbocycles. The highest BCUT2D eigenvalue weighted by Crippen LogP contribution is 2.24. The van der Waals surface area contributed by atoms with E-state index in [1.165, 1.54) is 6.07 Å². The molecule has 0 saturated carbocycles. The van der Waals surface area contributed by atoms with Gasteiger partial charge in [-0.25, -0.2) is 9.18 Å². The lowest BCUT2D eigenvalue weighted by Gasteiger charge is -2.37. The van der Waals surface area contributed by atoms with Gasteiger partial charge in [0.1, 0.15) is 11.9 Å². The highest BCUT2D eigenvalue weighted by molar-refractivity contribution is 5.95. The SMILES string of the molecule is CCOC(=O)[C@H]1O[C@@H]1C(=O)NC(Cc1ccccc1)C(=O)N1CCN(c2ccccc2F)CC1. The van der Waals surface area contributed by atoms with Crippen molar-refractivity contribution in [1.29, 1.82) is 0 Å². The van der Waals surface area contributed by atoms with Crippen molar-refractivity contribution in [3.63, 3.8) is 0 Å². The fourth-order valence-corrected chi connectivity index (χ4v) is 4.12. The summed E-state index contributed by atoms with van der Waals surface area (Å²) in [5, 5.41) is 2.77. The van der Waals surface area contributed by atoms with Crippen LogP contribution in [0.4, 0.5) is 10.1 Å². The predicted molar refractivity (Wildman–Crippen MR) is 123 cm³/mol. The second kappa shape index (κ2) is 10.6. The van der Waals surface area contributed by atoms with Crippen molar-refractivity contribution in [1.82, 2.24) is 10.2 Å². The van der Waals surface area contributed by atoms with Gasteiger partial charge in [-0.1, -0.05) is 42.5 Å². The minimum absolute atomic E-state index is 0.195. The number of nitrogens with one attached hydrogen (secondary N) is 1. The van der Waals surface area contributed by atoms with E-state index in [4.69, 9.17) is 9.47 Å². The van der Waals surface area contributed by atoms with Gasteiger partial charge in [0.2, 0.25) is 5.91 Å². The van der Waals surface area contributed by atoms with Gasteiger partial charge in [0.15, 0.2) is 12.2 Å². The van der Waals surface area contributed by atoms with E-state index in [2.05, 4.69) is 5.32 Å². The third-order valence-corrected chi connectivity index (χ3v) is 5.95. The van der Waals surface area contributed by atoms with Gasteiger partial charge < -0.3 is 24.6 Å². The highest BCUT2D eigenvalue weighted by Gasteiger charge is 2.52. The summed E-state index contributed by atoms with van der Waals surface area (Å²) in [6, 6.07) is 15.1. The molecular formula is C25H28FN3O5. The van der Waals surface area contributed by atoms with Crippen LogP contribution in [0.5, 0.6) is 0 Å². The molecular weight excluding hydrogens is 441 g/mol. The molecule has 34 heavy (non-hydrogen) atoms. The maximum atomic E-state index is 14.1. The predicted octanol–water partition coefficient (Wildman–Crippen LogP) is 1.53. The first kappa shape index (κ1) is 23.7. The molecule has 2 amide bonds. The molecule has 0 bridgehead atoms. The summed E-state index contributed by atoms with van der Waals surface area (Å²) < 4.78 is 24.2. The Kier molecular flexibility index (Phi) is 7.42. The average molecular weight is 470 g/mol. The van der Waals surface area contributed by atoms with Crippen molar-refractivity contribution in [3.05, 3.63) is 66.0 Å². The first-order valence-electron chi connectivity index (χ1n) is 11.4. The lowest BCUT2D eigenvalue weighted by atomic mass is 10.0. The van der Waals surface area contributed by atoms with Gasteiger partial charge in [0, 0.05) is 32.6 Å². The number of para-hydroxylation sites is 1. The number of ether oxygens (including phenoxy) is 2. The normalized spacial score (nSPS) is 20.4. The molecule has 0 aromatic heterocycles. The van der Waals surface area contributed by atoms with E-state index in [0.29, 0.717) is 38.3 Å². The molecule has 1 N–H and O–H groups in total. The fourth-order valence-electron chi connectivity index (χ4n) is 4.12. The third kappa shape index (κ3) is 5.53. The number of rotatable bonds is 8. The Hall–Kier alpha value is -3.46. The zero-order valence-electron chi connectivity index (χ0n) is 19.0. The number of carbonyl (C=O) groups is 3. The molecule has 180 valence electrons. The zero-order valence-corrected chi connectivity index (χ0v) is 19.0. The number of amides is 2. The van der Waals surface area contributed by atoms with Crippen LogP contribution in [0.1, 0.15) is 12.5 Å². The van der Waals surface area contributed by atoms with Crippen LogP contribution in [-0.2, 0) is 30.3 Å². The molecule has 2 heterocycles. The van der Waals surface area contributed by atoms with E-state index in [0.717, 1.165) is 5.56 Å².